The Morgan fingerprint density at radius 2 is 2.08 bits per heavy atom. The summed E-state index contributed by atoms with van der Waals surface area (Å²) in [5.74, 6) is -1.49. The van der Waals surface area contributed by atoms with E-state index in [1.807, 2.05) is 6.92 Å². The number of nitrogens with zero attached hydrogens (tertiary/aromatic N) is 2. The maximum absolute atomic E-state index is 12.3. The Bertz CT molecular complexity index is 635. The van der Waals surface area contributed by atoms with E-state index < -0.39 is 18.0 Å². The number of hydrogen-bond acceptors (Lipinski definition) is 6. The van der Waals surface area contributed by atoms with Crippen LogP contribution < -0.4 is 0 Å². The van der Waals surface area contributed by atoms with Gasteiger partial charge < -0.3 is 20.0 Å². The SMILES string of the molecule is C[C@@H](O)[C@H]1C(=O)N2C(C(=O)O)=C(SC3CSC(=O)N(C)C3)[C@H](C)[C@H]12. The average molecular weight is 372 g/mol. The maximum Gasteiger partial charge on any atom is 0.353 e. The molecule has 0 saturated carbocycles. The molecule has 3 heterocycles. The van der Waals surface area contributed by atoms with E-state index in [-0.39, 0.29) is 34.1 Å². The zero-order valence-corrected chi connectivity index (χ0v) is 15.3. The zero-order chi connectivity index (χ0) is 17.8. The lowest BCUT2D eigenvalue weighted by Crippen LogP contribution is -2.63. The summed E-state index contributed by atoms with van der Waals surface area (Å²) in [6.07, 6.45) is -0.797. The van der Waals surface area contributed by atoms with Gasteiger partial charge in [-0.15, -0.1) is 11.8 Å². The van der Waals surface area contributed by atoms with E-state index in [0.29, 0.717) is 17.2 Å². The molecule has 2 amide bonds. The van der Waals surface area contributed by atoms with Gasteiger partial charge in [0.05, 0.1) is 18.1 Å². The summed E-state index contributed by atoms with van der Waals surface area (Å²) in [6.45, 7) is 4.03. The number of thioether (sulfide) groups is 2. The summed E-state index contributed by atoms with van der Waals surface area (Å²) >= 11 is 2.68. The fourth-order valence-electron chi connectivity index (χ4n) is 3.64. The number of rotatable bonds is 4. The lowest BCUT2D eigenvalue weighted by Gasteiger charge is -2.46. The first-order valence-electron chi connectivity index (χ1n) is 7.77. The van der Waals surface area contributed by atoms with E-state index in [1.165, 1.54) is 28.4 Å². The predicted octanol–water partition coefficient (Wildman–Crippen LogP) is 1.04. The molecule has 2 fully saturated rings. The quantitative estimate of drug-likeness (QED) is 0.712. The van der Waals surface area contributed by atoms with Crippen molar-refractivity contribution in [1.29, 1.82) is 0 Å². The lowest BCUT2D eigenvalue weighted by molar-refractivity contribution is -0.163. The molecule has 0 aromatic rings. The van der Waals surface area contributed by atoms with Crippen LogP contribution in [0.25, 0.3) is 0 Å². The minimum absolute atomic E-state index is 0.0203. The van der Waals surface area contributed by atoms with Crippen molar-refractivity contribution in [2.24, 2.45) is 11.8 Å². The highest BCUT2D eigenvalue weighted by Gasteiger charge is 2.60. The van der Waals surface area contributed by atoms with Gasteiger partial charge in [-0.2, -0.15) is 0 Å². The van der Waals surface area contributed by atoms with Crippen LogP contribution in [0.1, 0.15) is 13.8 Å². The summed E-state index contributed by atoms with van der Waals surface area (Å²) < 4.78 is 0. The van der Waals surface area contributed by atoms with Crippen molar-refractivity contribution in [3.8, 4) is 0 Å². The second-order valence-electron chi connectivity index (χ2n) is 6.47. The molecule has 0 aromatic carbocycles. The van der Waals surface area contributed by atoms with Crippen molar-refractivity contribution < 1.29 is 24.6 Å². The molecule has 2 saturated heterocycles. The van der Waals surface area contributed by atoms with Crippen molar-refractivity contribution in [1.82, 2.24) is 9.80 Å². The molecule has 0 spiro atoms. The number of carbonyl (C=O) groups is 3. The number of aliphatic carboxylic acids is 1. The molecular weight excluding hydrogens is 352 g/mol. The number of aliphatic hydroxyl groups excluding tert-OH is 1. The molecule has 3 aliphatic heterocycles. The van der Waals surface area contributed by atoms with Crippen LogP contribution in [0.5, 0.6) is 0 Å². The molecule has 0 bridgehead atoms. The molecule has 0 aromatic heterocycles. The van der Waals surface area contributed by atoms with Gasteiger partial charge in [0, 0.05) is 35.4 Å². The second kappa shape index (κ2) is 6.27. The Morgan fingerprint density at radius 1 is 1.42 bits per heavy atom. The predicted molar refractivity (Wildman–Crippen MR) is 91.5 cm³/mol. The first-order chi connectivity index (χ1) is 11.2. The van der Waals surface area contributed by atoms with Crippen LogP contribution in [-0.4, -0.2) is 73.9 Å². The van der Waals surface area contributed by atoms with Gasteiger partial charge in [0.1, 0.15) is 5.70 Å². The number of carboxylic acids is 1. The summed E-state index contributed by atoms with van der Waals surface area (Å²) in [5.41, 5.74) is 0.0453. The first kappa shape index (κ1) is 17.6. The fraction of sp³-hybridized carbons (Fsp3) is 0.667. The molecule has 7 nitrogen and oxygen atoms in total. The number of β-lactam (4-membered cyclic amide) rings is 1. The Kier molecular flexibility index (Phi) is 4.61. The van der Waals surface area contributed by atoms with Gasteiger partial charge in [-0.1, -0.05) is 18.7 Å². The van der Waals surface area contributed by atoms with E-state index in [0.717, 1.165) is 0 Å². The average Bonchev–Trinajstić information content (AvgIpc) is 2.73. The molecular formula is C15H20N2O5S2. The number of fused-ring (bicyclic) bond motifs is 1. The van der Waals surface area contributed by atoms with Gasteiger partial charge >= 0.3 is 5.97 Å². The Morgan fingerprint density at radius 3 is 2.62 bits per heavy atom. The maximum atomic E-state index is 12.3. The second-order valence-corrected chi connectivity index (χ2v) is 8.78. The minimum atomic E-state index is -1.11. The van der Waals surface area contributed by atoms with Crippen LogP contribution in [0.2, 0.25) is 0 Å². The molecule has 0 radical (unpaired) electrons. The molecule has 24 heavy (non-hydrogen) atoms. The number of aliphatic hydroxyl groups is 1. The highest BCUT2D eigenvalue weighted by Crippen LogP contribution is 2.51. The normalized spacial score (nSPS) is 34.3. The van der Waals surface area contributed by atoms with E-state index in [9.17, 15) is 24.6 Å². The third-order valence-electron chi connectivity index (χ3n) is 4.79. The molecule has 1 unspecified atom stereocenters. The van der Waals surface area contributed by atoms with Gasteiger partial charge in [0.25, 0.3) is 5.24 Å². The van der Waals surface area contributed by atoms with Crippen LogP contribution in [-0.2, 0) is 9.59 Å². The van der Waals surface area contributed by atoms with Gasteiger partial charge in [-0.25, -0.2) is 4.79 Å². The highest BCUT2D eigenvalue weighted by molar-refractivity contribution is 8.14. The van der Waals surface area contributed by atoms with Crippen LogP contribution >= 0.6 is 23.5 Å². The van der Waals surface area contributed by atoms with Crippen LogP contribution in [0.15, 0.2) is 10.6 Å². The van der Waals surface area contributed by atoms with Gasteiger partial charge in [-0.05, 0) is 6.92 Å². The van der Waals surface area contributed by atoms with Crippen molar-refractivity contribution in [2.45, 2.75) is 31.2 Å². The summed E-state index contributed by atoms with van der Waals surface area (Å²) in [6, 6.07) is -0.290. The third kappa shape index (κ3) is 2.62. The summed E-state index contributed by atoms with van der Waals surface area (Å²) in [5, 5.41) is 19.5. The highest BCUT2D eigenvalue weighted by atomic mass is 32.2. The standard InChI is InChI=1S/C15H20N2O5S2/c1-6-10-9(7(2)18)13(19)17(10)11(14(20)21)12(6)24-8-4-16(3)15(22)23-5-8/h6-10,18H,4-5H2,1-3H3,(H,20,21)/t6-,7-,8?,9-,10-/m1/s1. The molecule has 3 aliphatic rings. The molecule has 0 aliphatic carbocycles. The summed E-state index contributed by atoms with van der Waals surface area (Å²) in [7, 11) is 1.73. The van der Waals surface area contributed by atoms with Crippen LogP contribution in [0.3, 0.4) is 0 Å². The third-order valence-corrected chi connectivity index (χ3v) is 7.59. The van der Waals surface area contributed by atoms with Crippen molar-refractivity contribution >= 4 is 40.6 Å². The Labute approximate surface area is 148 Å². The molecule has 2 N–H and O–H groups in total. The largest absolute Gasteiger partial charge is 0.477 e. The topological polar surface area (TPSA) is 98.1 Å². The molecule has 3 rings (SSSR count). The smallest absolute Gasteiger partial charge is 0.353 e. The van der Waals surface area contributed by atoms with E-state index in [1.54, 1.807) is 18.9 Å². The first-order valence-corrected chi connectivity index (χ1v) is 9.63. The van der Waals surface area contributed by atoms with Gasteiger partial charge in [-0.3, -0.25) is 9.59 Å². The van der Waals surface area contributed by atoms with Crippen molar-refractivity contribution in [3.63, 3.8) is 0 Å². The molecule has 5 atom stereocenters. The van der Waals surface area contributed by atoms with E-state index in [2.05, 4.69) is 0 Å². The number of hydrogen-bond donors (Lipinski definition) is 2. The summed E-state index contributed by atoms with van der Waals surface area (Å²) in [4.78, 5) is 39.2. The number of amides is 2. The lowest BCUT2D eigenvalue weighted by atomic mass is 9.79. The zero-order valence-electron chi connectivity index (χ0n) is 13.6. The minimum Gasteiger partial charge on any atom is -0.477 e. The van der Waals surface area contributed by atoms with Gasteiger partial charge in [0.15, 0.2) is 0 Å². The molecule has 9 heteroatoms. The van der Waals surface area contributed by atoms with Crippen LogP contribution in [0.4, 0.5) is 4.79 Å². The van der Waals surface area contributed by atoms with Crippen molar-refractivity contribution in [3.05, 3.63) is 10.6 Å². The van der Waals surface area contributed by atoms with Crippen LogP contribution in [0, 0.1) is 11.8 Å². The van der Waals surface area contributed by atoms with E-state index >= 15 is 0 Å². The Balaban J connectivity index is 1.85. The van der Waals surface area contributed by atoms with E-state index in [4.69, 9.17) is 0 Å². The monoisotopic (exact) mass is 372 g/mol. The molecule has 132 valence electrons. The fourth-order valence-corrected chi connectivity index (χ4v) is 6.15. The Hall–Kier alpha value is -1.19. The van der Waals surface area contributed by atoms with Gasteiger partial charge in [0.2, 0.25) is 5.91 Å². The van der Waals surface area contributed by atoms with Crippen molar-refractivity contribution in [2.75, 3.05) is 19.3 Å². The number of carboxylic acid groups (broad SMARTS) is 1. The number of carbonyl (C=O) groups excluding carboxylic acids is 2.